The van der Waals surface area contributed by atoms with Crippen molar-refractivity contribution in [2.24, 2.45) is 18.7 Å². The molecule has 1 aliphatic heterocycles. The SMILES string of the molecule is CCc1ncccc1-c1nc2cc(C(=O)N3C[C@H]4CC[C@@H]3[C@@H]4N)cc(OC)c2n1C.Cl. The first-order chi connectivity index (χ1) is 14.5. The van der Waals surface area contributed by atoms with E-state index in [1.165, 1.54) is 0 Å². The number of aryl methyl sites for hydroxylation is 2. The fraction of sp³-hybridized carbons (Fsp3) is 0.435. The van der Waals surface area contributed by atoms with E-state index in [1.807, 2.05) is 40.8 Å². The third-order valence-corrected chi connectivity index (χ3v) is 6.78. The topological polar surface area (TPSA) is 86.3 Å². The first-order valence-corrected chi connectivity index (χ1v) is 10.6. The Bertz CT molecular complexity index is 1140. The first-order valence-electron chi connectivity index (χ1n) is 10.6. The third-order valence-electron chi connectivity index (χ3n) is 6.78. The lowest BCUT2D eigenvalue weighted by Gasteiger charge is -2.27. The summed E-state index contributed by atoms with van der Waals surface area (Å²) in [6.07, 6.45) is 4.73. The third kappa shape index (κ3) is 3.27. The number of imidazole rings is 1. The molecule has 1 amide bonds. The van der Waals surface area contributed by atoms with Gasteiger partial charge in [0.2, 0.25) is 0 Å². The van der Waals surface area contributed by atoms with Crippen LogP contribution in [0.3, 0.4) is 0 Å². The minimum Gasteiger partial charge on any atom is -0.494 e. The lowest BCUT2D eigenvalue weighted by atomic mass is 10.1. The van der Waals surface area contributed by atoms with Crippen molar-refractivity contribution < 1.29 is 9.53 Å². The number of amides is 1. The molecule has 0 radical (unpaired) electrons. The molecular weight excluding hydrogens is 414 g/mol. The molecule has 2 aromatic heterocycles. The summed E-state index contributed by atoms with van der Waals surface area (Å²) in [6, 6.07) is 7.91. The number of carbonyl (C=O) groups is 1. The maximum Gasteiger partial charge on any atom is 0.254 e. The molecule has 3 aromatic rings. The van der Waals surface area contributed by atoms with Gasteiger partial charge in [0.25, 0.3) is 5.91 Å². The lowest BCUT2D eigenvalue weighted by molar-refractivity contribution is 0.0700. The Morgan fingerprint density at radius 3 is 2.77 bits per heavy atom. The number of piperidine rings is 1. The number of likely N-dealkylation sites (tertiary alicyclic amines) is 1. The quantitative estimate of drug-likeness (QED) is 0.671. The summed E-state index contributed by atoms with van der Waals surface area (Å²) in [4.78, 5) is 24.6. The number of hydrogen-bond acceptors (Lipinski definition) is 5. The van der Waals surface area contributed by atoms with Crippen LogP contribution in [0.2, 0.25) is 0 Å². The zero-order valence-electron chi connectivity index (χ0n) is 18.0. The fourth-order valence-corrected chi connectivity index (χ4v) is 5.20. The lowest BCUT2D eigenvalue weighted by Crippen LogP contribution is -2.41. The van der Waals surface area contributed by atoms with Crippen LogP contribution < -0.4 is 10.5 Å². The summed E-state index contributed by atoms with van der Waals surface area (Å²) in [5, 5.41) is 0. The van der Waals surface area contributed by atoms with Crippen molar-refractivity contribution >= 4 is 29.3 Å². The van der Waals surface area contributed by atoms with Gasteiger partial charge >= 0.3 is 0 Å². The van der Waals surface area contributed by atoms with Gasteiger partial charge in [0.1, 0.15) is 17.1 Å². The van der Waals surface area contributed by atoms with E-state index >= 15 is 0 Å². The van der Waals surface area contributed by atoms with Gasteiger partial charge in [-0.05, 0) is 49.4 Å². The van der Waals surface area contributed by atoms with Crippen LogP contribution in [-0.2, 0) is 13.5 Å². The second kappa shape index (κ2) is 8.13. The van der Waals surface area contributed by atoms with Crippen LogP contribution in [-0.4, -0.2) is 51.1 Å². The standard InChI is InChI=1S/C23H27N5O2.ClH/c1-4-16-15(6-5-9-25-16)22-26-17-10-14(11-19(30-3)21(17)27(22)2)23(29)28-12-13-7-8-18(28)20(13)24;/h5-6,9-11,13,18,20H,4,7-8,12,24H2,1-3H3;1H/t13-,18-,20-;/m1./s1. The molecule has 7 nitrogen and oxygen atoms in total. The van der Waals surface area contributed by atoms with E-state index in [2.05, 4.69) is 11.9 Å². The van der Waals surface area contributed by atoms with Crippen LogP contribution in [0.25, 0.3) is 22.4 Å². The van der Waals surface area contributed by atoms with Crippen molar-refractivity contribution in [3.8, 4) is 17.1 Å². The van der Waals surface area contributed by atoms with E-state index in [0.29, 0.717) is 17.2 Å². The summed E-state index contributed by atoms with van der Waals surface area (Å²) in [6.45, 7) is 2.83. The van der Waals surface area contributed by atoms with Gasteiger partial charge in [-0.3, -0.25) is 9.78 Å². The summed E-state index contributed by atoms with van der Waals surface area (Å²) in [7, 11) is 3.60. The number of carbonyl (C=O) groups excluding carboxylic acids is 1. The monoisotopic (exact) mass is 441 g/mol. The van der Waals surface area contributed by atoms with Crippen LogP contribution in [0.1, 0.15) is 35.8 Å². The summed E-state index contributed by atoms with van der Waals surface area (Å²) >= 11 is 0. The molecule has 0 spiro atoms. The Balaban J connectivity index is 0.00000231. The second-order valence-electron chi connectivity index (χ2n) is 8.33. The smallest absolute Gasteiger partial charge is 0.254 e. The Morgan fingerprint density at radius 1 is 1.32 bits per heavy atom. The number of rotatable bonds is 4. The van der Waals surface area contributed by atoms with Gasteiger partial charge in [-0.15, -0.1) is 12.4 Å². The Hall–Kier alpha value is -2.64. The van der Waals surface area contributed by atoms with E-state index in [-0.39, 0.29) is 30.4 Å². The van der Waals surface area contributed by atoms with Crippen molar-refractivity contribution in [1.29, 1.82) is 0 Å². The van der Waals surface area contributed by atoms with E-state index in [0.717, 1.165) is 53.9 Å². The molecule has 3 heterocycles. The van der Waals surface area contributed by atoms with Crippen molar-refractivity contribution in [3.05, 3.63) is 41.7 Å². The van der Waals surface area contributed by atoms with Crippen molar-refractivity contribution in [1.82, 2.24) is 19.4 Å². The van der Waals surface area contributed by atoms with Gasteiger partial charge in [-0.25, -0.2) is 4.98 Å². The number of benzene rings is 1. The second-order valence-corrected chi connectivity index (χ2v) is 8.33. The minimum absolute atomic E-state index is 0. The van der Waals surface area contributed by atoms with E-state index in [9.17, 15) is 4.79 Å². The fourth-order valence-electron chi connectivity index (χ4n) is 5.20. The number of ether oxygens (including phenoxy) is 1. The number of aromatic nitrogens is 3. The zero-order valence-corrected chi connectivity index (χ0v) is 18.9. The summed E-state index contributed by atoms with van der Waals surface area (Å²) < 4.78 is 7.70. The number of hydrogen-bond donors (Lipinski definition) is 1. The molecule has 164 valence electrons. The molecule has 2 aliphatic rings. The minimum atomic E-state index is 0. The van der Waals surface area contributed by atoms with Gasteiger partial charge in [0, 0.05) is 43.0 Å². The number of nitrogens with two attached hydrogens (primary N) is 1. The van der Waals surface area contributed by atoms with E-state index in [1.54, 1.807) is 13.3 Å². The van der Waals surface area contributed by atoms with Crippen LogP contribution in [0, 0.1) is 5.92 Å². The van der Waals surface area contributed by atoms with Gasteiger partial charge in [0.15, 0.2) is 0 Å². The van der Waals surface area contributed by atoms with Crippen molar-refractivity contribution in [3.63, 3.8) is 0 Å². The summed E-state index contributed by atoms with van der Waals surface area (Å²) in [5.41, 5.74) is 10.5. The largest absolute Gasteiger partial charge is 0.494 e. The molecule has 1 aromatic carbocycles. The number of fused-ring (bicyclic) bond motifs is 3. The number of halogens is 1. The van der Waals surface area contributed by atoms with Gasteiger partial charge in [-0.1, -0.05) is 6.92 Å². The van der Waals surface area contributed by atoms with Crippen molar-refractivity contribution in [2.75, 3.05) is 13.7 Å². The molecule has 5 rings (SSSR count). The number of methoxy groups -OCH3 is 1. The molecule has 1 saturated carbocycles. The molecule has 2 fully saturated rings. The molecule has 1 aliphatic carbocycles. The molecule has 0 unspecified atom stereocenters. The predicted octanol–water partition coefficient (Wildman–Crippen LogP) is 3.19. The van der Waals surface area contributed by atoms with E-state index in [4.69, 9.17) is 15.5 Å². The van der Waals surface area contributed by atoms with Gasteiger partial charge in [0.05, 0.1) is 18.3 Å². The predicted molar refractivity (Wildman–Crippen MR) is 123 cm³/mol. The molecule has 1 saturated heterocycles. The van der Waals surface area contributed by atoms with Crippen LogP contribution in [0.15, 0.2) is 30.5 Å². The maximum atomic E-state index is 13.3. The summed E-state index contributed by atoms with van der Waals surface area (Å²) in [5.74, 6) is 1.90. The molecule has 2 N–H and O–H groups in total. The Morgan fingerprint density at radius 2 is 2.13 bits per heavy atom. The van der Waals surface area contributed by atoms with Crippen molar-refractivity contribution in [2.45, 2.75) is 38.3 Å². The first kappa shape index (κ1) is 21.6. The number of nitrogens with zero attached hydrogens (tertiary/aromatic N) is 4. The highest BCUT2D eigenvalue weighted by molar-refractivity contribution is 6.00. The van der Waals surface area contributed by atoms with Gasteiger partial charge < -0.3 is 19.9 Å². The average molecular weight is 442 g/mol. The highest BCUT2D eigenvalue weighted by Crippen LogP contribution is 2.38. The molecular formula is C23H28ClN5O2. The Labute approximate surface area is 188 Å². The average Bonchev–Trinajstić information content (AvgIpc) is 3.42. The zero-order chi connectivity index (χ0) is 21.0. The maximum absolute atomic E-state index is 13.3. The molecule has 3 atom stereocenters. The highest BCUT2D eigenvalue weighted by atomic mass is 35.5. The van der Waals surface area contributed by atoms with E-state index < -0.39 is 0 Å². The molecule has 2 bridgehead atoms. The van der Waals surface area contributed by atoms with Crippen LogP contribution >= 0.6 is 12.4 Å². The molecule has 8 heteroatoms. The van der Waals surface area contributed by atoms with Gasteiger partial charge in [-0.2, -0.15) is 0 Å². The number of pyridine rings is 1. The normalized spacial score (nSPS) is 22.1. The van der Waals surface area contributed by atoms with Crippen LogP contribution in [0.4, 0.5) is 0 Å². The highest BCUT2D eigenvalue weighted by Gasteiger charge is 2.46. The van der Waals surface area contributed by atoms with Crippen LogP contribution in [0.5, 0.6) is 5.75 Å². The molecule has 31 heavy (non-hydrogen) atoms. The Kier molecular flexibility index (Phi) is 5.66.